The number of benzene rings is 3. The molecular weight excluding hydrogens is 510 g/mol. The monoisotopic (exact) mass is 549 g/mol. The molecule has 1 N–H and O–H groups in total. The van der Waals surface area contributed by atoms with E-state index in [0.717, 1.165) is 44.8 Å². The third-order valence-corrected chi connectivity index (χ3v) is 7.94. The van der Waals surface area contributed by atoms with Crippen molar-refractivity contribution >= 4 is 27.5 Å². The highest BCUT2D eigenvalue weighted by Gasteiger charge is 2.33. The molecule has 2 amide bonds. The molecule has 0 saturated heterocycles. The van der Waals surface area contributed by atoms with Crippen LogP contribution < -0.4 is 9.62 Å². The summed E-state index contributed by atoms with van der Waals surface area (Å²) in [6, 6.07) is 21.9. The van der Waals surface area contributed by atoms with Crippen molar-refractivity contribution in [3.63, 3.8) is 0 Å². The van der Waals surface area contributed by atoms with Crippen molar-refractivity contribution < 1.29 is 18.0 Å². The van der Waals surface area contributed by atoms with Gasteiger partial charge in [-0.15, -0.1) is 0 Å². The number of anilines is 1. The lowest BCUT2D eigenvalue weighted by Gasteiger charge is -2.34. The summed E-state index contributed by atoms with van der Waals surface area (Å²) in [6.45, 7) is 7.93. The summed E-state index contributed by atoms with van der Waals surface area (Å²) < 4.78 is 27.1. The molecule has 0 bridgehead atoms. The molecule has 1 atom stereocenters. The number of nitrogens with zero attached hydrogens (tertiary/aromatic N) is 2. The van der Waals surface area contributed by atoms with Gasteiger partial charge >= 0.3 is 0 Å². The fourth-order valence-corrected chi connectivity index (χ4v) is 5.31. The van der Waals surface area contributed by atoms with Crippen molar-refractivity contribution in [2.24, 2.45) is 0 Å². The average molecular weight is 550 g/mol. The Morgan fingerprint density at radius 3 is 2.15 bits per heavy atom. The average Bonchev–Trinajstić information content (AvgIpc) is 2.90. The van der Waals surface area contributed by atoms with E-state index in [-0.39, 0.29) is 12.5 Å². The van der Waals surface area contributed by atoms with E-state index in [4.69, 9.17) is 0 Å². The Labute approximate surface area is 232 Å². The molecule has 3 rings (SSSR count). The summed E-state index contributed by atoms with van der Waals surface area (Å²) in [5, 5.41) is 2.95. The predicted octanol–water partition coefficient (Wildman–Crippen LogP) is 4.54. The Bertz CT molecular complexity index is 1370. The fraction of sp³-hybridized carbons (Fsp3) is 0.355. The minimum atomic E-state index is -3.80. The summed E-state index contributed by atoms with van der Waals surface area (Å²) in [5.41, 5.74) is 5.00. The molecule has 0 aliphatic carbocycles. The SMILES string of the molecule is CCCNC(=O)C(Cc1ccccc1)N(Cc1ccc(C)cc1)C(=O)CN(c1cccc(C)c1C)S(C)(=O)=O. The molecule has 0 radical (unpaired) electrons. The van der Waals surface area contributed by atoms with Gasteiger partial charge in [0, 0.05) is 19.5 Å². The highest BCUT2D eigenvalue weighted by atomic mass is 32.2. The van der Waals surface area contributed by atoms with Crippen LogP contribution in [0.2, 0.25) is 0 Å². The van der Waals surface area contributed by atoms with E-state index < -0.39 is 28.5 Å². The molecule has 8 heteroatoms. The lowest BCUT2D eigenvalue weighted by molar-refractivity contribution is -0.140. The Morgan fingerprint density at radius 2 is 1.54 bits per heavy atom. The number of carbonyl (C=O) groups excluding carboxylic acids is 2. The third-order valence-electron chi connectivity index (χ3n) is 6.82. The van der Waals surface area contributed by atoms with Gasteiger partial charge in [-0.25, -0.2) is 8.42 Å². The summed E-state index contributed by atoms with van der Waals surface area (Å²) in [5.74, 6) is -0.715. The number of carbonyl (C=O) groups is 2. The predicted molar refractivity (Wildman–Crippen MR) is 157 cm³/mol. The van der Waals surface area contributed by atoms with Gasteiger partial charge in [0.25, 0.3) is 0 Å². The first-order valence-electron chi connectivity index (χ1n) is 13.2. The van der Waals surface area contributed by atoms with E-state index in [1.54, 1.807) is 12.1 Å². The summed E-state index contributed by atoms with van der Waals surface area (Å²) in [6.07, 6.45) is 2.16. The Hall–Kier alpha value is -3.65. The molecule has 1 unspecified atom stereocenters. The second-order valence-electron chi connectivity index (χ2n) is 9.99. The Balaban J connectivity index is 2.06. The van der Waals surface area contributed by atoms with Gasteiger partial charge in [0.1, 0.15) is 12.6 Å². The minimum absolute atomic E-state index is 0.167. The van der Waals surface area contributed by atoms with Crippen LogP contribution in [0.15, 0.2) is 72.8 Å². The molecule has 0 saturated carbocycles. The number of aryl methyl sites for hydroxylation is 2. The van der Waals surface area contributed by atoms with Crippen molar-refractivity contribution in [2.75, 3.05) is 23.7 Å². The first kappa shape index (κ1) is 29.9. The van der Waals surface area contributed by atoms with E-state index >= 15 is 0 Å². The molecule has 0 spiro atoms. The fourth-order valence-electron chi connectivity index (χ4n) is 4.41. The highest BCUT2D eigenvalue weighted by molar-refractivity contribution is 7.92. The maximum atomic E-state index is 14.1. The minimum Gasteiger partial charge on any atom is -0.354 e. The largest absolute Gasteiger partial charge is 0.354 e. The summed E-state index contributed by atoms with van der Waals surface area (Å²) in [7, 11) is -3.80. The molecule has 7 nitrogen and oxygen atoms in total. The normalized spacial score (nSPS) is 12.0. The lowest BCUT2D eigenvalue weighted by atomic mass is 10.0. The zero-order valence-electron chi connectivity index (χ0n) is 23.5. The molecule has 0 aliphatic heterocycles. The number of rotatable bonds is 12. The number of hydrogen-bond acceptors (Lipinski definition) is 4. The van der Waals surface area contributed by atoms with Gasteiger partial charge < -0.3 is 10.2 Å². The second-order valence-corrected chi connectivity index (χ2v) is 11.9. The molecule has 208 valence electrons. The zero-order chi connectivity index (χ0) is 28.6. The van der Waals surface area contributed by atoms with Crippen LogP contribution in [0.5, 0.6) is 0 Å². The van der Waals surface area contributed by atoms with Crippen LogP contribution in [-0.2, 0) is 32.6 Å². The maximum absolute atomic E-state index is 14.1. The van der Waals surface area contributed by atoms with Gasteiger partial charge in [-0.1, -0.05) is 79.2 Å². The van der Waals surface area contributed by atoms with Crippen LogP contribution in [-0.4, -0.2) is 50.5 Å². The van der Waals surface area contributed by atoms with Crippen LogP contribution >= 0.6 is 0 Å². The second kappa shape index (κ2) is 13.4. The van der Waals surface area contributed by atoms with E-state index in [9.17, 15) is 18.0 Å². The maximum Gasteiger partial charge on any atom is 0.244 e. The lowest BCUT2D eigenvalue weighted by Crippen LogP contribution is -2.53. The number of amides is 2. The zero-order valence-corrected chi connectivity index (χ0v) is 24.3. The van der Waals surface area contributed by atoms with Gasteiger partial charge in [0.05, 0.1) is 11.9 Å². The van der Waals surface area contributed by atoms with Gasteiger partial charge in [-0.3, -0.25) is 13.9 Å². The molecular formula is C31H39N3O4S. The van der Waals surface area contributed by atoms with E-state index in [1.807, 2.05) is 88.4 Å². The number of nitrogens with one attached hydrogen (secondary N) is 1. The molecule has 0 aliphatic rings. The van der Waals surface area contributed by atoms with E-state index in [0.29, 0.717) is 18.7 Å². The molecule has 3 aromatic carbocycles. The van der Waals surface area contributed by atoms with Crippen LogP contribution in [0.25, 0.3) is 0 Å². The van der Waals surface area contributed by atoms with Crippen LogP contribution in [0.4, 0.5) is 5.69 Å². The Morgan fingerprint density at radius 1 is 0.872 bits per heavy atom. The van der Waals surface area contributed by atoms with Crippen molar-refractivity contribution in [1.82, 2.24) is 10.2 Å². The van der Waals surface area contributed by atoms with Crippen molar-refractivity contribution in [3.8, 4) is 0 Å². The standard InChI is InChI=1S/C31H39N3O4S/c1-6-19-32-31(36)29(20-26-12-8-7-9-13-26)33(21-27-17-15-23(2)16-18-27)30(35)22-34(39(5,37)38)28-14-10-11-24(3)25(28)4/h7-18,29H,6,19-22H2,1-5H3,(H,32,36). The van der Waals surface area contributed by atoms with Crippen LogP contribution in [0.3, 0.4) is 0 Å². The summed E-state index contributed by atoms with van der Waals surface area (Å²) >= 11 is 0. The summed E-state index contributed by atoms with van der Waals surface area (Å²) in [4.78, 5) is 29.1. The smallest absolute Gasteiger partial charge is 0.244 e. The Kier molecular flexibility index (Phi) is 10.3. The highest BCUT2D eigenvalue weighted by Crippen LogP contribution is 2.26. The van der Waals surface area contributed by atoms with Crippen molar-refractivity contribution in [2.45, 2.75) is 53.1 Å². The van der Waals surface area contributed by atoms with Gasteiger partial charge in [0.15, 0.2) is 0 Å². The van der Waals surface area contributed by atoms with E-state index in [2.05, 4.69) is 5.32 Å². The quantitative estimate of drug-likeness (QED) is 0.359. The van der Waals surface area contributed by atoms with Crippen molar-refractivity contribution in [1.29, 1.82) is 0 Å². The van der Waals surface area contributed by atoms with Crippen LogP contribution in [0.1, 0.15) is 41.2 Å². The molecule has 3 aromatic rings. The number of hydrogen-bond donors (Lipinski definition) is 1. The molecule has 0 aromatic heterocycles. The van der Waals surface area contributed by atoms with Crippen LogP contribution in [0, 0.1) is 20.8 Å². The van der Waals surface area contributed by atoms with E-state index in [1.165, 1.54) is 4.90 Å². The molecule has 0 heterocycles. The molecule has 39 heavy (non-hydrogen) atoms. The first-order chi connectivity index (χ1) is 18.5. The van der Waals surface area contributed by atoms with Gasteiger partial charge in [0.2, 0.25) is 21.8 Å². The molecule has 0 fully saturated rings. The third kappa shape index (κ3) is 8.17. The van der Waals surface area contributed by atoms with Gasteiger partial charge in [-0.2, -0.15) is 0 Å². The van der Waals surface area contributed by atoms with Crippen molar-refractivity contribution in [3.05, 3.63) is 101 Å². The van der Waals surface area contributed by atoms with Gasteiger partial charge in [-0.05, 0) is 55.5 Å². The topological polar surface area (TPSA) is 86.8 Å². The number of sulfonamides is 1. The first-order valence-corrected chi connectivity index (χ1v) is 15.1.